The molecule has 1 aliphatic rings. The quantitative estimate of drug-likeness (QED) is 0.794. The minimum Gasteiger partial charge on any atom is -0.272 e. The number of amides is 1. The predicted molar refractivity (Wildman–Crippen MR) is 75.0 cm³/mol. The van der Waals surface area contributed by atoms with E-state index in [1.165, 1.54) is 10.6 Å². The Morgan fingerprint density at radius 1 is 1.28 bits per heavy atom. The fourth-order valence-corrected chi connectivity index (χ4v) is 2.11. The third kappa shape index (κ3) is 2.61. The lowest BCUT2D eigenvalue weighted by Gasteiger charge is -2.13. The molecule has 0 spiro atoms. The molecule has 0 fully saturated rings. The summed E-state index contributed by atoms with van der Waals surface area (Å²) in [7, 11) is 0. The van der Waals surface area contributed by atoms with Crippen molar-refractivity contribution >= 4 is 17.3 Å². The Morgan fingerprint density at radius 3 is 2.50 bits per heavy atom. The average Bonchev–Trinajstić information content (AvgIpc) is 2.71. The molecule has 96 valence electrons. The van der Waals surface area contributed by atoms with Crippen LogP contribution in [0.15, 0.2) is 29.4 Å². The monoisotopic (exact) mass is 244 g/mol. The number of hydrogen-bond acceptors (Lipinski definition) is 2. The first kappa shape index (κ1) is 12.8. The molecule has 1 aromatic carbocycles. The first-order valence-corrected chi connectivity index (χ1v) is 6.61. The Labute approximate surface area is 108 Å². The van der Waals surface area contributed by atoms with Gasteiger partial charge in [-0.3, -0.25) is 4.79 Å². The molecule has 0 aromatic heterocycles. The van der Waals surface area contributed by atoms with Gasteiger partial charge in [0.15, 0.2) is 0 Å². The molecule has 0 bridgehead atoms. The molecule has 0 aliphatic carbocycles. The van der Waals surface area contributed by atoms with Crippen molar-refractivity contribution < 1.29 is 4.79 Å². The van der Waals surface area contributed by atoms with Gasteiger partial charge in [0.2, 0.25) is 0 Å². The van der Waals surface area contributed by atoms with Crippen LogP contribution in [-0.4, -0.2) is 11.6 Å². The van der Waals surface area contributed by atoms with E-state index < -0.39 is 0 Å². The van der Waals surface area contributed by atoms with E-state index in [1.54, 1.807) is 0 Å². The molecule has 1 amide bonds. The molecule has 1 heterocycles. The van der Waals surface area contributed by atoms with E-state index in [0.717, 1.165) is 24.2 Å². The van der Waals surface area contributed by atoms with Crippen LogP contribution >= 0.6 is 0 Å². The number of rotatable bonds is 4. The molecule has 1 aliphatic heterocycles. The Kier molecular flexibility index (Phi) is 3.80. The second kappa shape index (κ2) is 5.34. The summed E-state index contributed by atoms with van der Waals surface area (Å²) in [5.41, 5.74) is 3.15. The molecule has 0 radical (unpaired) electrons. The fraction of sp³-hybridized carbons (Fsp3) is 0.467. The van der Waals surface area contributed by atoms with E-state index in [0.29, 0.717) is 12.3 Å². The summed E-state index contributed by atoms with van der Waals surface area (Å²) in [6.07, 6.45) is 2.42. The lowest BCUT2D eigenvalue weighted by atomic mass is 10.0. The van der Waals surface area contributed by atoms with Crippen molar-refractivity contribution in [3.63, 3.8) is 0 Å². The third-order valence-corrected chi connectivity index (χ3v) is 3.18. The molecule has 3 heteroatoms. The highest BCUT2D eigenvalue weighted by atomic mass is 16.2. The SMILES string of the molecule is CCCC1=NN(c2ccc(C(C)C)cc2)C(=O)C1. The average molecular weight is 244 g/mol. The van der Waals surface area contributed by atoms with E-state index in [1.807, 2.05) is 12.1 Å². The summed E-state index contributed by atoms with van der Waals surface area (Å²) < 4.78 is 0. The minimum atomic E-state index is 0.0794. The van der Waals surface area contributed by atoms with Crippen LogP contribution in [0.3, 0.4) is 0 Å². The second-order valence-electron chi connectivity index (χ2n) is 5.04. The van der Waals surface area contributed by atoms with Gasteiger partial charge in [-0.25, -0.2) is 5.01 Å². The highest BCUT2D eigenvalue weighted by Gasteiger charge is 2.24. The highest BCUT2D eigenvalue weighted by molar-refractivity contribution is 6.12. The number of carbonyl (C=O) groups is 1. The number of hydrazone groups is 1. The number of carbonyl (C=O) groups excluding carboxylic acids is 1. The summed E-state index contributed by atoms with van der Waals surface area (Å²) in [5.74, 6) is 0.586. The molecule has 2 rings (SSSR count). The third-order valence-electron chi connectivity index (χ3n) is 3.18. The molecule has 0 saturated carbocycles. The van der Waals surface area contributed by atoms with Crippen molar-refractivity contribution in [2.45, 2.75) is 46.0 Å². The second-order valence-corrected chi connectivity index (χ2v) is 5.04. The van der Waals surface area contributed by atoms with Crippen LogP contribution in [0.5, 0.6) is 0 Å². The van der Waals surface area contributed by atoms with Crippen molar-refractivity contribution in [1.29, 1.82) is 0 Å². The normalized spacial score (nSPS) is 15.4. The minimum absolute atomic E-state index is 0.0794. The van der Waals surface area contributed by atoms with Crippen LogP contribution in [0.2, 0.25) is 0 Å². The first-order chi connectivity index (χ1) is 8.61. The van der Waals surface area contributed by atoms with Crippen molar-refractivity contribution in [2.24, 2.45) is 5.10 Å². The maximum absolute atomic E-state index is 11.9. The van der Waals surface area contributed by atoms with Crippen LogP contribution in [0.4, 0.5) is 5.69 Å². The Morgan fingerprint density at radius 2 is 1.94 bits per heavy atom. The van der Waals surface area contributed by atoms with Crippen LogP contribution in [0.25, 0.3) is 0 Å². The standard InChI is InChI=1S/C15H20N2O/c1-4-5-13-10-15(18)17(16-13)14-8-6-12(7-9-14)11(2)3/h6-9,11H,4-5,10H2,1-3H3. The van der Waals surface area contributed by atoms with Crippen molar-refractivity contribution in [3.05, 3.63) is 29.8 Å². The zero-order valence-electron chi connectivity index (χ0n) is 11.3. The first-order valence-electron chi connectivity index (χ1n) is 6.61. The van der Waals surface area contributed by atoms with Gasteiger partial charge in [0.05, 0.1) is 12.1 Å². The van der Waals surface area contributed by atoms with Gasteiger partial charge < -0.3 is 0 Å². The van der Waals surface area contributed by atoms with Gasteiger partial charge in [0, 0.05) is 5.71 Å². The van der Waals surface area contributed by atoms with Crippen LogP contribution in [-0.2, 0) is 4.79 Å². The molecule has 0 atom stereocenters. The molecular formula is C15H20N2O. The maximum atomic E-state index is 11.9. The largest absolute Gasteiger partial charge is 0.272 e. The fourth-order valence-electron chi connectivity index (χ4n) is 2.11. The van der Waals surface area contributed by atoms with Gasteiger partial charge in [-0.2, -0.15) is 5.10 Å². The van der Waals surface area contributed by atoms with Gasteiger partial charge in [-0.15, -0.1) is 0 Å². The maximum Gasteiger partial charge on any atom is 0.253 e. The van der Waals surface area contributed by atoms with Crippen molar-refractivity contribution in [3.8, 4) is 0 Å². The van der Waals surface area contributed by atoms with Crippen LogP contribution in [0.1, 0.15) is 51.5 Å². The van der Waals surface area contributed by atoms with E-state index in [2.05, 4.69) is 38.0 Å². The van der Waals surface area contributed by atoms with Crippen molar-refractivity contribution in [1.82, 2.24) is 0 Å². The lowest BCUT2D eigenvalue weighted by Crippen LogP contribution is -2.19. The smallest absolute Gasteiger partial charge is 0.253 e. The number of anilines is 1. The molecule has 18 heavy (non-hydrogen) atoms. The van der Waals surface area contributed by atoms with E-state index in [4.69, 9.17) is 0 Å². The van der Waals surface area contributed by atoms with E-state index >= 15 is 0 Å². The van der Waals surface area contributed by atoms with Gasteiger partial charge in [-0.05, 0) is 30.0 Å². The topological polar surface area (TPSA) is 32.7 Å². The van der Waals surface area contributed by atoms with E-state index in [9.17, 15) is 4.79 Å². The van der Waals surface area contributed by atoms with Gasteiger partial charge in [0.25, 0.3) is 5.91 Å². The molecular weight excluding hydrogens is 224 g/mol. The van der Waals surface area contributed by atoms with Crippen LogP contribution in [0, 0.1) is 0 Å². The Bertz CT molecular complexity index is 460. The van der Waals surface area contributed by atoms with Gasteiger partial charge in [0.1, 0.15) is 0 Å². The van der Waals surface area contributed by atoms with Gasteiger partial charge >= 0.3 is 0 Å². The molecule has 0 unspecified atom stereocenters. The van der Waals surface area contributed by atoms with E-state index in [-0.39, 0.29) is 5.91 Å². The number of benzene rings is 1. The Balaban J connectivity index is 2.18. The zero-order valence-corrected chi connectivity index (χ0v) is 11.3. The molecule has 0 saturated heterocycles. The zero-order chi connectivity index (χ0) is 13.1. The summed E-state index contributed by atoms with van der Waals surface area (Å²) in [6, 6.07) is 8.10. The highest BCUT2D eigenvalue weighted by Crippen LogP contribution is 2.24. The van der Waals surface area contributed by atoms with Crippen LogP contribution < -0.4 is 5.01 Å². The Hall–Kier alpha value is -1.64. The molecule has 0 N–H and O–H groups in total. The summed E-state index contributed by atoms with van der Waals surface area (Å²) >= 11 is 0. The summed E-state index contributed by atoms with van der Waals surface area (Å²) in [6.45, 7) is 6.42. The molecule has 1 aromatic rings. The predicted octanol–water partition coefficient (Wildman–Crippen LogP) is 3.70. The van der Waals surface area contributed by atoms with Crippen molar-refractivity contribution in [2.75, 3.05) is 5.01 Å². The summed E-state index contributed by atoms with van der Waals surface area (Å²) in [5, 5.41) is 5.94. The summed E-state index contributed by atoms with van der Waals surface area (Å²) in [4.78, 5) is 11.9. The number of nitrogens with zero attached hydrogens (tertiary/aromatic N) is 2. The van der Waals surface area contributed by atoms with Gasteiger partial charge in [-0.1, -0.05) is 39.3 Å². The number of hydrogen-bond donors (Lipinski definition) is 0. The lowest BCUT2D eigenvalue weighted by molar-refractivity contribution is -0.116. The molecule has 3 nitrogen and oxygen atoms in total.